The van der Waals surface area contributed by atoms with E-state index >= 15 is 0 Å². The highest BCUT2D eigenvalue weighted by Gasteiger charge is 2.20. The number of benzene rings is 2. The van der Waals surface area contributed by atoms with E-state index in [0.717, 1.165) is 43.9 Å². The first-order valence-corrected chi connectivity index (χ1v) is 9.73. The van der Waals surface area contributed by atoms with Crippen molar-refractivity contribution < 1.29 is 13.9 Å². The number of carbonyl (C=O) groups is 1. The predicted molar refractivity (Wildman–Crippen MR) is 109 cm³/mol. The van der Waals surface area contributed by atoms with Gasteiger partial charge in [0.25, 0.3) is 0 Å². The number of hydrogen-bond acceptors (Lipinski definition) is 4. The molecule has 1 fully saturated rings. The SMILES string of the molecule is CCc1ccc(NC(=O)CN2CCN(Cc3cc(F)ccc3OC)CC2)cc1. The molecule has 1 N–H and O–H groups in total. The van der Waals surface area contributed by atoms with Gasteiger partial charge in [-0.2, -0.15) is 0 Å². The van der Waals surface area contributed by atoms with Gasteiger partial charge < -0.3 is 10.1 Å². The van der Waals surface area contributed by atoms with Gasteiger partial charge in [-0.15, -0.1) is 0 Å². The molecule has 28 heavy (non-hydrogen) atoms. The van der Waals surface area contributed by atoms with E-state index in [1.54, 1.807) is 13.2 Å². The molecule has 0 spiro atoms. The van der Waals surface area contributed by atoms with Gasteiger partial charge in [-0.25, -0.2) is 4.39 Å². The van der Waals surface area contributed by atoms with E-state index < -0.39 is 0 Å². The second kappa shape index (κ2) is 9.66. The molecule has 1 saturated heterocycles. The Balaban J connectivity index is 1.46. The normalized spacial score (nSPS) is 15.4. The molecule has 1 aliphatic heterocycles. The van der Waals surface area contributed by atoms with Gasteiger partial charge in [-0.1, -0.05) is 19.1 Å². The molecule has 0 saturated carbocycles. The number of rotatable bonds is 7. The molecule has 3 rings (SSSR count). The van der Waals surface area contributed by atoms with Crippen LogP contribution < -0.4 is 10.1 Å². The fourth-order valence-electron chi connectivity index (χ4n) is 3.44. The molecule has 150 valence electrons. The van der Waals surface area contributed by atoms with E-state index in [0.29, 0.717) is 18.8 Å². The first-order valence-electron chi connectivity index (χ1n) is 9.73. The van der Waals surface area contributed by atoms with E-state index in [9.17, 15) is 9.18 Å². The summed E-state index contributed by atoms with van der Waals surface area (Å²) >= 11 is 0. The van der Waals surface area contributed by atoms with E-state index in [4.69, 9.17) is 4.74 Å². The van der Waals surface area contributed by atoms with E-state index in [1.807, 2.05) is 24.3 Å². The monoisotopic (exact) mass is 385 g/mol. The lowest BCUT2D eigenvalue weighted by molar-refractivity contribution is -0.117. The molecule has 2 aromatic rings. The number of amides is 1. The van der Waals surface area contributed by atoms with Crippen LogP contribution in [-0.4, -0.2) is 55.5 Å². The third kappa shape index (κ3) is 5.53. The maximum atomic E-state index is 13.5. The van der Waals surface area contributed by atoms with Gasteiger partial charge in [-0.3, -0.25) is 14.6 Å². The van der Waals surface area contributed by atoms with Crippen molar-refractivity contribution in [1.29, 1.82) is 0 Å². The van der Waals surface area contributed by atoms with Crippen molar-refractivity contribution in [2.75, 3.05) is 45.2 Å². The minimum atomic E-state index is -0.252. The van der Waals surface area contributed by atoms with Crippen LogP contribution in [-0.2, 0) is 17.8 Å². The largest absolute Gasteiger partial charge is 0.496 e. The predicted octanol–water partition coefficient (Wildman–Crippen LogP) is 3.15. The van der Waals surface area contributed by atoms with Crippen LogP contribution in [0.15, 0.2) is 42.5 Å². The highest BCUT2D eigenvalue weighted by atomic mass is 19.1. The number of methoxy groups -OCH3 is 1. The Bertz CT molecular complexity index is 787. The molecular formula is C22H28FN3O2. The Morgan fingerprint density at radius 1 is 1.07 bits per heavy atom. The second-order valence-corrected chi connectivity index (χ2v) is 7.11. The van der Waals surface area contributed by atoms with Crippen LogP contribution in [0.2, 0.25) is 0 Å². The molecule has 0 radical (unpaired) electrons. The number of piperazine rings is 1. The summed E-state index contributed by atoms with van der Waals surface area (Å²) in [6.07, 6.45) is 0.986. The van der Waals surface area contributed by atoms with Crippen LogP contribution in [0.1, 0.15) is 18.1 Å². The van der Waals surface area contributed by atoms with Crippen molar-refractivity contribution >= 4 is 11.6 Å². The summed E-state index contributed by atoms with van der Waals surface area (Å²) in [6, 6.07) is 12.6. The first kappa shape index (κ1) is 20.3. The molecule has 0 aliphatic carbocycles. The second-order valence-electron chi connectivity index (χ2n) is 7.11. The molecule has 6 heteroatoms. The number of anilines is 1. The molecule has 2 aromatic carbocycles. The van der Waals surface area contributed by atoms with Crippen molar-refractivity contribution in [2.45, 2.75) is 19.9 Å². The van der Waals surface area contributed by atoms with Gasteiger partial charge in [0.15, 0.2) is 0 Å². The molecule has 0 atom stereocenters. The molecular weight excluding hydrogens is 357 g/mol. The summed E-state index contributed by atoms with van der Waals surface area (Å²) in [5.41, 5.74) is 2.94. The van der Waals surface area contributed by atoms with Crippen molar-refractivity contribution in [3.8, 4) is 5.75 Å². The summed E-state index contributed by atoms with van der Waals surface area (Å²) in [5.74, 6) is 0.458. The summed E-state index contributed by atoms with van der Waals surface area (Å²) in [7, 11) is 1.60. The van der Waals surface area contributed by atoms with Gasteiger partial charge in [0, 0.05) is 44.0 Å². The van der Waals surface area contributed by atoms with E-state index in [2.05, 4.69) is 22.0 Å². The van der Waals surface area contributed by atoms with Crippen molar-refractivity contribution in [1.82, 2.24) is 9.80 Å². The van der Waals surface area contributed by atoms with Gasteiger partial charge >= 0.3 is 0 Å². The third-order valence-corrected chi connectivity index (χ3v) is 5.11. The Hall–Kier alpha value is -2.44. The smallest absolute Gasteiger partial charge is 0.238 e. The minimum absolute atomic E-state index is 0.00416. The lowest BCUT2D eigenvalue weighted by Gasteiger charge is -2.34. The highest BCUT2D eigenvalue weighted by Crippen LogP contribution is 2.21. The number of nitrogens with one attached hydrogen (secondary N) is 1. The Kier molecular flexibility index (Phi) is 7.01. The maximum absolute atomic E-state index is 13.5. The zero-order chi connectivity index (χ0) is 19.9. The van der Waals surface area contributed by atoms with Crippen LogP contribution in [0.25, 0.3) is 0 Å². The zero-order valence-corrected chi connectivity index (χ0v) is 16.6. The van der Waals surface area contributed by atoms with Gasteiger partial charge in [0.2, 0.25) is 5.91 Å². The van der Waals surface area contributed by atoms with Crippen LogP contribution >= 0.6 is 0 Å². The summed E-state index contributed by atoms with van der Waals surface area (Å²) in [5, 5.41) is 2.96. The molecule has 0 aromatic heterocycles. The van der Waals surface area contributed by atoms with Gasteiger partial charge in [0.05, 0.1) is 13.7 Å². The average molecular weight is 385 g/mol. The fourth-order valence-corrected chi connectivity index (χ4v) is 3.44. The Labute approximate surface area is 166 Å². The average Bonchev–Trinajstić information content (AvgIpc) is 2.70. The number of aryl methyl sites for hydroxylation is 1. The van der Waals surface area contributed by atoms with Crippen molar-refractivity contribution in [2.24, 2.45) is 0 Å². The zero-order valence-electron chi connectivity index (χ0n) is 16.6. The lowest BCUT2D eigenvalue weighted by atomic mass is 10.1. The van der Waals surface area contributed by atoms with Crippen molar-refractivity contribution in [3.63, 3.8) is 0 Å². The summed E-state index contributed by atoms with van der Waals surface area (Å²) in [4.78, 5) is 16.7. The molecule has 0 unspecified atom stereocenters. The molecule has 5 nitrogen and oxygen atoms in total. The van der Waals surface area contributed by atoms with E-state index in [-0.39, 0.29) is 11.7 Å². The van der Waals surface area contributed by atoms with E-state index in [1.165, 1.54) is 17.7 Å². The molecule has 0 bridgehead atoms. The third-order valence-electron chi connectivity index (χ3n) is 5.11. The number of carbonyl (C=O) groups excluding carboxylic acids is 1. The maximum Gasteiger partial charge on any atom is 0.238 e. The number of ether oxygens (including phenoxy) is 1. The Morgan fingerprint density at radius 2 is 1.75 bits per heavy atom. The number of halogens is 1. The van der Waals surface area contributed by atoms with Crippen molar-refractivity contribution in [3.05, 3.63) is 59.4 Å². The topological polar surface area (TPSA) is 44.8 Å². The van der Waals surface area contributed by atoms with Crippen LogP contribution in [0, 0.1) is 5.82 Å². The number of nitrogens with zero attached hydrogens (tertiary/aromatic N) is 2. The van der Waals surface area contributed by atoms with Crippen LogP contribution in [0.5, 0.6) is 5.75 Å². The highest BCUT2D eigenvalue weighted by molar-refractivity contribution is 5.92. The Morgan fingerprint density at radius 3 is 2.39 bits per heavy atom. The summed E-state index contributed by atoms with van der Waals surface area (Å²) in [6.45, 7) is 6.41. The van der Waals surface area contributed by atoms with Crippen LogP contribution in [0.3, 0.4) is 0 Å². The first-order chi connectivity index (χ1) is 13.6. The quantitative estimate of drug-likeness (QED) is 0.795. The van der Waals surface area contributed by atoms with Gasteiger partial charge in [0.1, 0.15) is 11.6 Å². The van der Waals surface area contributed by atoms with Crippen LogP contribution in [0.4, 0.5) is 10.1 Å². The fraction of sp³-hybridized carbons (Fsp3) is 0.409. The minimum Gasteiger partial charge on any atom is -0.496 e. The number of hydrogen-bond donors (Lipinski definition) is 1. The standard InChI is InChI=1S/C22H28FN3O2/c1-3-17-4-7-20(8-5-17)24-22(27)16-26-12-10-25(11-13-26)15-18-14-19(23)6-9-21(18)28-2/h4-9,14H,3,10-13,15-16H2,1-2H3,(H,24,27). The molecule has 1 aliphatic rings. The van der Waals surface area contributed by atoms with Gasteiger partial charge in [-0.05, 0) is 42.3 Å². The lowest BCUT2D eigenvalue weighted by Crippen LogP contribution is -2.48. The molecule has 1 amide bonds. The molecule has 1 heterocycles. The summed E-state index contributed by atoms with van der Waals surface area (Å²) < 4.78 is 18.9.